The quantitative estimate of drug-likeness (QED) is 0.542. The molecule has 0 aliphatic heterocycles. The van der Waals surface area contributed by atoms with Crippen LogP contribution in [0.5, 0.6) is 5.75 Å². The van der Waals surface area contributed by atoms with Gasteiger partial charge in [0, 0.05) is 44.4 Å². The average molecular weight is 418 g/mol. The molecular formula is C24H26N4O3. The van der Waals surface area contributed by atoms with Crippen LogP contribution < -0.4 is 10.1 Å². The zero-order chi connectivity index (χ0) is 22.1. The Morgan fingerprint density at radius 1 is 1.13 bits per heavy atom. The fourth-order valence-corrected chi connectivity index (χ4v) is 2.96. The van der Waals surface area contributed by atoms with E-state index in [9.17, 15) is 9.59 Å². The van der Waals surface area contributed by atoms with Crippen LogP contribution in [0.3, 0.4) is 0 Å². The SMILES string of the molecule is COc1ccc(/C=C/C(=O)NCCC(=O)N(C)Cc2cnn(-c3ccccc3)c2)cc1. The number of hydrogen-bond acceptors (Lipinski definition) is 4. The Balaban J connectivity index is 1.41. The van der Waals surface area contributed by atoms with E-state index in [2.05, 4.69) is 10.4 Å². The van der Waals surface area contributed by atoms with Gasteiger partial charge >= 0.3 is 0 Å². The van der Waals surface area contributed by atoms with Crippen molar-refractivity contribution < 1.29 is 14.3 Å². The molecule has 0 fully saturated rings. The molecule has 1 aromatic heterocycles. The number of nitrogens with zero attached hydrogens (tertiary/aromatic N) is 3. The monoisotopic (exact) mass is 418 g/mol. The van der Waals surface area contributed by atoms with Crippen molar-refractivity contribution in [2.45, 2.75) is 13.0 Å². The second-order valence-electron chi connectivity index (χ2n) is 7.03. The summed E-state index contributed by atoms with van der Waals surface area (Å²) in [6.07, 6.45) is 7.06. The Labute approximate surface area is 181 Å². The Morgan fingerprint density at radius 3 is 2.58 bits per heavy atom. The molecule has 0 radical (unpaired) electrons. The van der Waals surface area contributed by atoms with Crippen molar-refractivity contribution in [2.24, 2.45) is 0 Å². The summed E-state index contributed by atoms with van der Waals surface area (Å²) in [6.45, 7) is 0.731. The van der Waals surface area contributed by atoms with Crippen LogP contribution in [0.15, 0.2) is 73.1 Å². The number of para-hydroxylation sites is 1. The van der Waals surface area contributed by atoms with Gasteiger partial charge in [-0.2, -0.15) is 5.10 Å². The largest absolute Gasteiger partial charge is 0.497 e. The normalized spacial score (nSPS) is 10.8. The lowest BCUT2D eigenvalue weighted by Gasteiger charge is -2.16. The van der Waals surface area contributed by atoms with Gasteiger partial charge in [0.05, 0.1) is 19.0 Å². The van der Waals surface area contributed by atoms with Crippen molar-refractivity contribution in [2.75, 3.05) is 20.7 Å². The zero-order valence-corrected chi connectivity index (χ0v) is 17.7. The van der Waals surface area contributed by atoms with Crippen molar-refractivity contribution in [3.8, 4) is 11.4 Å². The molecule has 0 bridgehead atoms. The molecule has 0 spiro atoms. The molecular weight excluding hydrogens is 392 g/mol. The number of rotatable bonds is 9. The molecule has 31 heavy (non-hydrogen) atoms. The van der Waals surface area contributed by atoms with Gasteiger partial charge in [0.25, 0.3) is 0 Å². The lowest BCUT2D eigenvalue weighted by atomic mass is 10.2. The summed E-state index contributed by atoms with van der Waals surface area (Å²) in [5, 5.41) is 7.08. The summed E-state index contributed by atoms with van der Waals surface area (Å²) in [6, 6.07) is 17.2. The summed E-state index contributed by atoms with van der Waals surface area (Å²) >= 11 is 0. The molecule has 2 aromatic carbocycles. The van der Waals surface area contributed by atoms with Gasteiger partial charge in [-0.25, -0.2) is 4.68 Å². The molecule has 0 unspecified atom stereocenters. The van der Waals surface area contributed by atoms with Crippen LogP contribution in [-0.4, -0.2) is 47.2 Å². The smallest absolute Gasteiger partial charge is 0.244 e. The van der Waals surface area contributed by atoms with Gasteiger partial charge in [0.15, 0.2) is 0 Å². The van der Waals surface area contributed by atoms with Crippen LogP contribution in [0, 0.1) is 0 Å². The van der Waals surface area contributed by atoms with E-state index in [1.807, 2.05) is 60.8 Å². The fraction of sp³-hybridized carbons (Fsp3) is 0.208. The predicted octanol–water partition coefficient (Wildman–Crippen LogP) is 3.06. The maximum atomic E-state index is 12.4. The van der Waals surface area contributed by atoms with Gasteiger partial charge in [0.2, 0.25) is 11.8 Å². The van der Waals surface area contributed by atoms with E-state index in [0.717, 1.165) is 22.6 Å². The zero-order valence-electron chi connectivity index (χ0n) is 17.7. The Morgan fingerprint density at radius 2 is 1.87 bits per heavy atom. The molecule has 0 saturated heterocycles. The predicted molar refractivity (Wildman–Crippen MR) is 120 cm³/mol. The van der Waals surface area contributed by atoms with Gasteiger partial charge in [-0.15, -0.1) is 0 Å². The molecule has 3 rings (SSSR count). The minimum atomic E-state index is -0.240. The van der Waals surface area contributed by atoms with Crippen LogP contribution in [0.2, 0.25) is 0 Å². The molecule has 160 valence electrons. The topological polar surface area (TPSA) is 76.5 Å². The number of benzene rings is 2. The number of carbonyl (C=O) groups excluding carboxylic acids is 2. The van der Waals surface area contributed by atoms with Crippen molar-refractivity contribution in [1.82, 2.24) is 20.0 Å². The summed E-state index contributed by atoms with van der Waals surface area (Å²) in [5.74, 6) is 0.471. The fourth-order valence-electron chi connectivity index (χ4n) is 2.96. The molecule has 0 saturated carbocycles. The molecule has 0 aliphatic rings. The summed E-state index contributed by atoms with van der Waals surface area (Å²) in [5.41, 5.74) is 2.79. The first kappa shape index (κ1) is 21.8. The van der Waals surface area contributed by atoms with E-state index in [1.165, 1.54) is 6.08 Å². The molecule has 7 nitrogen and oxygen atoms in total. The first-order valence-corrected chi connectivity index (χ1v) is 9.98. The van der Waals surface area contributed by atoms with Crippen LogP contribution in [0.25, 0.3) is 11.8 Å². The Kier molecular flexibility index (Phi) is 7.59. The number of hydrogen-bond donors (Lipinski definition) is 1. The maximum absolute atomic E-state index is 12.4. The van der Waals surface area contributed by atoms with E-state index in [0.29, 0.717) is 6.54 Å². The first-order valence-electron chi connectivity index (χ1n) is 9.98. The number of aromatic nitrogens is 2. The molecule has 0 atom stereocenters. The van der Waals surface area contributed by atoms with Gasteiger partial charge in [0.1, 0.15) is 5.75 Å². The third-order valence-electron chi connectivity index (χ3n) is 4.68. The van der Waals surface area contributed by atoms with Crippen LogP contribution in [-0.2, 0) is 16.1 Å². The van der Waals surface area contributed by atoms with Crippen LogP contribution in [0.1, 0.15) is 17.5 Å². The minimum absolute atomic E-state index is 0.0492. The van der Waals surface area contributed by atoms with Gasteiger partial charge in [-0.1, -0.05) is 30.3 Å². The van der Waals surface area contributed by atoms with Crippen LogP contribution in [0.4, 0.5) is 0 Å². The lowest BCUT2D eigenvalue weighted by molar-refractivity contribution is -0.130. The van der Waals surface area contributed by atoms with E-state index in [1.54, 1.807) is 36.0 Å². The highest BCUT2D eigenvalue weighted by molar-refractivity contribution is 5.92. The first-order chi connectivity index (χ1) is 15.0. The van der Waals surface area contributed by atoms with Gasteiger partial charge < -0.3 is 15.0 Å². The van der Waals surface area contributed by atoms with Crippen molar-refractivity contribution in [3.63, 3.8) is 0 Å². The lowest BCUT2D eigenvalue weighted by Crippen LogP contribution is -2.31. The summed E-state index contributed by atoms with van der Waals surface area (Å²) in [4.78, 5) is 26.0. The standard InChI is InChI=1S/C24H26N4O3/c1-27(17-20-16-26-28(18-20)21-6-4-3-5-7-21)24(30)14-15-25-23(29)13-10-19-8-11-22(31-2)12-9-19/h3-13,16,18H,14-15,17H2,1-2H3,(H,25,29)/b13-10+. The molecule has 1 N–H and O–H groups in total. The average Bonchev–Trinajstić information content (AvgIpc) is 3.27. The number of carbonyl (C=O) groups is 2. The molecule has 1 heterocycles. The number of methoxy groups -OCH3 is 1. The highest BCUT2D eigenvalue weighted by Crippen LogP contribution is 2.12. The van der Waals surface area contributed by atoms with Gasteiger partial charge in [-0.3, -0.25) is 9.59 Å². The third kappa shape index (κ3) is 6.57. The van der Waals surface area contributed by atoms with E-state index in [4.69, 9.17) is 4.74 Å². The molecule has 3 aromatic rings. The highest BCUT2D eigenvalue weighted by Gasteiger charge is 2.11. The number of ether oxygens (including phenoxy) is 1. The maximum Gasteiger partial charge on any atom is 0.244 e. The van der Waals surface area contributed by atoms with Crippen LogP contribution >= 0.6 is 0 Å². The molecule has 7 heteroatoms. The van der Waals surface area contributed by atoms with Crippen molar-refractivity contribution in [1.29, 1.82) is 0 Å². The van der Waals surface area contributed by atoms with Crippen molar-refractivity contribution in [3.05, 3.63) is 84.2 Å². The Hall–Kier alpha value is -3.87. The number of nitrogens with one attached hydrogen (secondary N) is 1. The summed E-state index contributed by atoms with van der Waals surface area (Å²) < 4.78 is 6.89. The minimum Gasteiger partial charge on any atom is -0.497 e. The van der Waals surface area contributed by atoms with E-state index in [-0.39, 0.29) is 24.8 Å². The molecule has 0 aliphatic carbocycles. The summed E-state index contributed by atoms with van der Waals surface area (Å²) in [7, 11) is 3.35. The molecule has 2 amide bonds. The van der Waals surface area contributed by atoms with E-state index >= 15 is 0 Å². The Bertz CT molecular complexity index is 1030. The van der Waals surface area contributed by atoms with Gasteiger partial charge in [-0.05, 0) is 35.9 Å². The third-order valence-corrected chi connectivity index (χ3v) is 4.68. The number of amides is 2. The highest BCUT2D eigenvalue weighted by atomic mass is 16.5. The second kappa shape index (κ2) is 10.8. The van der Waals surface area contributed by atoms with Crippen molar-refractivity contribution >= 4 is 17.9 Å². The second-order valence-corrected chi connectivity index (χ2v) is 7.03. The van der Waals surface area contributed by atoms with E-state index < -0.39 is 0 Å².